The molecule has 0 aliphatic carbocycles. The summed E-state index contributed by atoms with van der Waals surface area (Å²) in [4.78, 5) is 21.2. The summed E-state index contributed by atoms with van der Waals surface area (Å²) in [5.74, 6) is -1.34. The van der Waals surface area contributed by atoms with E-state index >= 15 is 0 Å². The van der Waals surface area contributed by atoms with Gasteiger partial charge in [0, 0.05) is 0 Å². The Hall–Kier alpha value is -1.99. The predicted molar refractivity (Wildman–Crippen MR) is 54.7 cm³/mol. The van der Waals surface area contributed by atoms with Crippen molar-refractivity contribution < 1.29 is 24.3 Å². The number of nitro benzene ring substituents is 1. The Morgan fingerprint density at radius 1 is 1.53 bits per heavy atom. The highest BCUT2D eigenvalue weighted by atomic mass is 16.7. The molecular formula is C10H9NO6. The number of carboxylic acids is 1. The first-order valence-electron chi connectivity index (χ1n) is 4.81. The van der Waals surface area contributed by atoms with E-state index in [2.05, 4.69) is 0 Å². The fraction of sp³-hybridized carbons (Fsp3) is 0.300. The van der Waals surface area contributed by atoms with Crippen LogP contribution >= 0.6 is 0 Å². The number of nitrogens with zero attached hydrogens (tertiary/aromatic N) is 1. The lowest BCUT2D eigenvalue weighted by Crippen LogP contribution is -2.09. The average Bonchev–Trinajstić information content (AvgIpc) is 2.81. The molecule has 1 aromatic rings. The van der Waals surface area contributed by atoms with Gasteiger partial charge >= 0.3 is 5.97 Å². The molecule has 1 unspecified atom stereocenters. The average molecular weight is 239 g/mol. The quantitative estimate of drug-likeness (QED) is 0.631. The van der Waals surface area contributed by atoms with E-state index in [0.717, 1.165) is 0 Å². The van der Waals surface area contributed by atoms with E-state index in [1.165, 1.54) is 18.2 Å². The molecule has 1 heterocycles. The maximum Gasteiger partial charge on any atom is 0.342 e. The van der Waals surface area contributed by atoms with Gasteiger partial charge in [-0.3, -0.25) is 10.1 Å². The normalized spacial score (nSPS) is 19.2. The highest BCUT2D eigenvalue weighted by Gasteiger charge is 2.31. The van der Waals surface area contributed by atoms with Crippen LogP contribution in [-0.2, 0) is 9.47 Å². The highest BCUT2D eigenvalue weighted by Crippen LogP contribution is 2.33. The Bertz CT molecular complexity index is 466. The SMILES string of the molecule is O=C(O)c1cccc(C2COCO2)c1[N+](=O)[O-]. The number of para-hydroxylation sites is 1. The smallest absolute Gasteiger partial charge is 0.342 e. The van der Waals surface area contributed by atoms with Crippen LogP contribution in [0.1, 0.15) is 22.0 Å². The molecule has 0 saturated carbocycles. The molecular weight excluding hydrogens is 230 g/mol. The van der Waals surface area contributed by atoms with Gasteiger partial charge in [-0.15, -0.1) is 0 Å². The number of aromatic carboxylic acids is 1. The summed E-state index contributed by atoms with van der Waals surface area (Å²) in [5, 5.41) is 19.9. The number of carbonyl (C=O) groups is 1. The molecule has 0 radical (unpaired) electrons. The summed E-state index contributed by atoms with van der Waals surface area (Å²) in [6.45, 7) is 0.239. The van der Waals surface area contributed by atoms with Crippen LogP contribution in [0.15, 0.2) is 18.2 Å². The summed E-state index contributed by atoms with van der Waals surface area (Å²) in [5.41, 5.74) is -0.550. The van der Waals surface area contributed by atoms with Gasteiger partial charge in [0.05, 0.1) is 17.1 Å². The van der Waals surface area contributed by atoms with Crippen LogP contribution in [0.5, 0.6) is 0 Å². The van der Waals surface area contributed by atoms with Crippen molar-refractivity contribution in [1.29, 1.82) is 0 Å². The van der Waals surface area contributed by atoms with Gasteiger partial charge in [0.2, 0.25) is 0 Å². The van der Waals surface area contributed by atoms with E-state index in [-0.39, 0.29) is 24.5 Å². The molecule has 1 fully saturated rings. The zero-order valence-electron chi connectivity index (χ0n) is 8.66. The van der Waals surface area contributed by atoms with Crippen molar-refractivity contribution in [2.24, 2.45) is 0 Å². The molecule has 1 saturated heterocycles. The highest BCUT2D eigenvalue weighted by molar-refractivity contribution is 5.93. The Morgan fingerprint density at radius 3 is 2.82 bits per heavy atom. The molecule has 0 bridgehead atoms. The fourth-order valence-electron chi connectivity index (χ4n) is 1.71. The topological polar surface area (TPSA) is 98.9 Å². The zero-order chi connectivity index (χ0) is 12.4. The van der Waals surface area contributed by atoms with Crippen LogP contribution in [0, 0.1) is 10.1 Å². The predicted octanol–water partition coefficient (Wildman–Crippen LogP) is 1.34. The summed E-state index contributed by atoms with van der Waals surface area (Å²) in [6, 6.07) is 4.12. The van der Waals surface area contributed by atoms with Crippen molar-refractivity contribution in [2.75, 3.05) is 13.4 Å². The first kappa shape index (κ1) is 11.5. The van der Waals surface area contributed by atoms with Gasteiger partial charge in [0.25, 0.3) is 5.69 Å². The molecule has 2 rings (SSSR count). The summed E-state index contributed by atoms with van der Waals surface area (Å²) >= 11 is 0. The van der Waals surface area contributed by atoms with Gasteiger partial charge in [-0.2, -0.15) is 0 Å². The number of ether oxygens (including phenoxy) is 2. The van der Waals surface area contributed by atoms with Gasteiger partial charge in [0.1, 0.15) is 18.5 Å². The van der Waals surface area contributed by atoms with Crippen molar-refractivity contribution in [1.82, 2.24) is 0 Å². The number of hydrogen-bond acceptors (Lipinski definition) is 5. The third-order valence-corrected chi connectivity index (χ3v) is 2.45. The van der Waals surface area contributed by atoms with Gasteiger partial charge in [-0.05, 0) is 12.1 Å². The van der Waals surface area contributed by atoms with Crippen LogP contribution in [0.2, 0.25) is 0 Å². The molecule has 1 aliphatic rings. The van der Waals surface area contributed by atoms with Gasteiger partial charge in [0.15, 0.2) is 0 Å². The molecule has 1 atom stereocenters. The molecule has 90 valence electrons. The third-order valence-electron chi connectivity index (χ3n) is 2.45. The van der Waals surface area contributed by atoms with E-state index in [1.54, 1.807) is 0 Å². The van der Waals surface area contributed by atoms with Crippen LogP contribution in [0.4, 0.5) is 5.69 Å². The van der Waals surface area contributed by atoms with Crippen molar-refractivity contribution in [3.05, 3.63) is 39.4 Å². The van der Waals surface area contributed by atoms with Crippen LogP contribution < -0.4 is 0 Å². The number of benzene rings is 1. The second-order valence-corrected chi connectivity index (χ2v) is 3.45. The Balaban J connectivity index is 2.54. The molecule has 17 heavy (non-hydrogen) atoms. The number of nitro groups is 1. The van der Waals surface area contributed by atoms with Crippen molar-refractivity contribution in [3.8, 4) is 0 Å². The number of carboxylic acid groups (broad SMARTS) is 1. The third kappa shape index (κ3) is 2.10. The summed E-state index contributed by atoms with van der Waals surface area (Å²) in [7, 11) is 0. The van der Waals surface area contributed by atoms with Gasteiger partial charge in [-0.1, -0.05) is 6.07 Å². The second-order valence-electron chi connectivity index (χ2n) is 3.45. The van der Waals surface area contributed by atoms with E-state index in [1.807, 2.05) is 0 Å². The van der Waals surface area contributed by atoms with Crippen LogP contribution in [0.25, 0.3) is 0 Å². The van der Waals surface area contributed by atoms with Gasteiger partial charge < -0.3 is 14.6 Å². The minimum absolute atomic E-state index is 0.0547. The van der Waals surface area contributed by atoms with E-state index in [0.29, 0.717) is 0 Å². The summed E-state index contributed by atoms with van der Waals surface area (Å²) < 4.78 is 10.1. The molecule has 1 aromatic carbocycles. The van der Waals surface area contributed by atoms with E-state index in [9.17, 15) is 14.9 Å². The number of rotatable bonds is 3. The summed E-state index contributed by atoms with van der Waals surface area (Å²) in [6.07, 6.45) is -0.588. The van der Waals surface area contributed by atoms with Crippen LogP contribution in [0.3, 0.4) is 0 Å². The molecule has 1 N–H and O–H groups in total. The fourth-order valence-corrected chi connectivity index (χ4v) is 1.71. The largest absolute Gasteiger partial charge is 0.477 e. The molecule has 1 aliphatic heterocycles. The molecule has 0 amide bonds. The number of hydrogen-bond donors (Lipinski definition) is 1. The molecule has 7 nitrogen and oxygen atoms in total. The van der Waals surface area contributed by atoms with E-state index in [4.69, 9.17) is 14.6 Å². The first-order valence-corrected chi connectivity index (χ1v) is 4.81. The van der Waals surface area contributed by atoms with Gasteiger partial charge in [-0.25, -0.2) is 4.79 Å². The van der Waals surface area contributed by atoms with Crippen molar-refractivity contribution >= 4 is 11.7 Å². The van der Waals surface area contributed by atoms with E-state index < -0.39 is 22.7 Å². The minimum Gasteiger partial charge on any atom is -0.477 e. The van der Waals surface area contributed by atoms with Crippen molar-refractivity contribution in [2.45, 2.75) is 6.10 Å². The molecule has 0 spiro atoms. The monoisotopic (exact) mass is 239 g/mol. The van der Waals surface area contributed by atoms with Crippen LogP contribution in [-0.4, -0.2) is 29.4 Å². The zero-order valence-corrected chi connectivity index (χ0v) is 8.66. The maximum absolute atomic E-state index is 10.9. The standard InChI is InChI=1S/C10H9NO6/c12-10(13)7-3-1-2-6(9(7)11(14)15)8-4-16-5-17-8/h1-3,8H,4-5H2,(H,12,13). The molecule has 7 heteroatoms. The first-order chi connectivity index (χ1) is 8.11. The Kier molecular flexibility index (Phi) is 3.03. The lowest BCUT2D eigenvalue weighted by Gasteiger charge is -2.09. The van der Waals surface area contributed by atoms with Crippen molar-refractivity contribution in [3.63, 3.8) is 0 Å². The lowest BCUT2D eigenvalue weighted by molar-refractivity contribution is -0.386. The Morgan fingerprint density at radius 2 is 2.29 bits per heavy atom. The lowest BCUT2D eigenvalue weighted by atomic mass is 10.0. The maximum atomic E-state index is 10.9. The molecule has 0 aromatic heterocycles. The second kappa shape index (κ2) is 4.48. The minimum atomic E-state index is -1.34. The Labute approximate surface area is 95.7 Å².